The predicted octanol–water partition coefficient (Wildman–Crippen LogP) is 12.6. The molecule has 0 radical (unpaired) electrons. The maximum atomic E-state index is 11.6. The molecule has 2 aliphatic heterocycles. The number of anilines is 8. The SMILES string of the molecule is O=C(O)c1ccc(Nc2ccc3c(c2)-c2nc-3nc3[nH]c(nc4nc(nc5[nH]c(n2)c2ccc(Nc6ccc(C(=O)O)cc6)cc52)-c2ccc(Nc5ccc(C(=O)O)cc5)cc2-4)c2ccc(Nc4ccc(C(=O)O)cc4)cc32)cc1. The second kappa shape index (κ2) is 19.1. The minimum atomic E-state index is -1.04. The van der Waals surface area contributed by atoms with Crippen molar-refractivity contribution in [3.05, 3.63) is 192 Å². The summed E-state index contributed by atoms with van der Waals surface area (Å²) in [5.41, 5.74) is 10.1. The molecule has 0 saturated heterocycles. The fraction of sp³-hybridized carbons (Fsp3) is 0. The highest BCUT2D eigenvalue weighted by Crippen LogP contribution is 2.40. The number of carboxylic acids is 4. The second-order valence-electron chi connectivity index (χ2n) is 18.7. The summed E-state index contributed by atoms with van der Waals surface area (Å²) < 4.78 is 0. The van der Waals surface area contributed by atoms with Crippen LogP contribution in [0.3, 0.4) is 0 Å². The number of nitrogens with zero attached hydrogens (tertiary/aromatic N) is 6. The van der Waals surface area contributed by atoms with Gasteiger partial charge in [-0.15, -0.1) is 0 Å². The van der Waals surface area contributed by atoms with E-state index in [-0.39, 0.29) is 22.3 Å². The number of fused-ring (bicyclic) bond motifs is 20. The van der Waals surface area contributed by atoms with Gasteiger partial charge in [0.05, 0.1) is 22.3 Å². The number of carboxylic acid groups (broad SMARTS) is 4. The average molecular weight is 1060 g/mol. The Morgan fingerprint density at radius 1 is 0.275 bits per heavy atom. The van der Waals surface area contributed by atoms with Gasteiger partial charge in [-0.05, 0) is 170 Å². The lowest BCUT2D eigenvalue weighted by Crippen LogP contribution is -1.96. The van der Waals surface area contributed by atoms with Crippen LogP contribution < -0.4 is 21.3 Å². The molecule has 3 aromatic heterocycles. The third-order valence-electron chi connectivity index (χ3n) is 13.5. The maximum absolute atomic E-state index is 11.6. The number of carbonyl (C=O) groups is 4. The number of aromatic amines is 2. The van der Waals surface area contributed by atoms with Gasteiger partial charge in [-0.2, -0.15) is 0 Å². The summed E-state index contributed by atoms with van der Waals surface area (Å²) in [7, 11) is 0. The van der Waals surface area contributed by atoms with E-state index in [2.05, 4.69) is 31.2 Å². The lowest BCUT2D eigenvalue weighted by molar-refractivity contribution is 0.0686. The van der Waals surface area contributed by atoms with Crippen molar-refractivity contribution in [2.45, 2.75) is 0 Å². The van der Waals surface area contributed by atoms with E-state index in [4.69, 9.17) is 29.9 Å². The monoisotopic (exact) mass is 1050 g/mol. The molecule has 0 amide bonds. The molecule has 0 spiro atoms. The van der Waals surface area contributed by atoms with Gasteiger partial charge in [0.15, 0.2) is 23.3 Å². The Hall–Kier alpha value is -11.8. The van der Waals surface area contributed by atoms with Gasteiger partial charge in [-0.1, -0.05) is 0 Å². The molecule has 11 aromatic rings. The summed E-state index contributed by atoms with van der Waals surface area (Å²) in [4.78, 5) is 84.6. The average Bonchev–Trinajstić information content (AvgIpc) is 4.31. The van der Waals surface area contributed by atoms with Crippen LogP contribution in [0.2, 0.25) is 0 Å². The third kappa shape index (κ3) is 9.06. The van der Waals surface area contributed by atoms with Crippen molar-refractivity contribution in [3.63, 3.8) is 0 Å². The largest absolute Gasteiger partial charge is 0.478 e. The van der Waals surface area contributed by atoms with Gasteiger partial charge in [-0.3, -0.25) is 0 Å². The molecule has 0 aliphatic carbocycles. The summed E-state index contributed by atoms with van der Waals surface area (Å²) in [5, 5.41) is 54.3. The van der Waals surface area contributed by atoms with E-state index in [1.54, 1.807) is 48.5 Å². The van der Waals surface area contributed by atoms with Gasteiger partial charge in [0.25, 0.3) is 0 Å². The van der Waals surface area contributed by atoms with Crippen LogP contribution in [0.15, 0.2) is 170 Å². The molecule has 0 fully saturated rings. The van der Waals surface area contributed by atoms with Crippen molar-refractivity contribution in [1.29, 1.82) is 0 Å². The van der Waals surface area contributed by atoms with Crippen molar-refractivity contribution >= 4 is 114 Å². The van der Waals surface area contributed by atoms with E-state index in [1.807, 2.05) is 72.8 Å². The van der Waals surface area contributed by atoms with Crippen LogP contribution in [0, 0.1) is 0 Å². The number of H-pyrrole nitrogens is 2. The molecular formula is C60H38N12O8. The van der Waals surface area contributed by atoms with E-state index in [0.29, 0.717) is 135 Å². The third-order valence-corrected chi connectivity index (χ3v) is 13.5. The zero-order valence-electron chi connectivity index (χ0n) is 41.3. The zero-order valence-corrected chi connectivity index (χ0v) is 41.3. The first kappa shape index (κ1) is 47.9. The number of aromatic nitrogens is 8. The summed E-state index contributed by atoms with van der Waals surface area (Å²) in [6.45, 7) is 0. The van der Waals surface area contributed by atoms with Gasteiger partial charge >= 0.3 is 23.9 Å². The predicted molar refractivity (Wildman–Crippen MR) is 303 cm³/mol. The molecule has 386 valence electrons. The minimum Gasteiger partial charge on any atom is -0.478 e. The van der Waals surface area contributed by atoms with Crippen LogP contribution >= 0.6 is 0 Å². The Bertz CT molecular complexity index is 4310. The molecule has 13 rings (SSSR count). The summed E-state index contributed by atoms with van der Waals surface area (Å²) in [6, 6.07) is 48.3. The van der Waals surface area contributed by atoms with Gasteiger partial charge in [0.1, 0.15) is 22.6 Å². The highest BCUT2D eigenvalue weighted by Gasteiger charge is 2.24. The molecule has 20 nitrogen and oxygen atoms in total. The Morgan fingerprint density at radius 3 is 0.825 bits per heavy atom. The highest BCUT2D eigenvalue weighted by atomic mass is 16.4. The van der Waals surface area contributed by atoms with Crippen molar-refractivity contribution in [2.75, 3.05) is 21.3 Å². The van der Waals surface area contributed by atoms with Crippen LogP contribution in [0.4, 0.5) is 45.5 Å². The second-order valence-corrected chi connectivity index (χ2v) is 18.7. The minimum absolute atomic E-state index is 0.147. The maximum Gasteiger partial charge on any atom is 0.335 e. The van der Waals surface area contributed by atoms with E-state index < -0.39 is 23.9 Å². The molecule has 0 atom stereocenters. The summed E-state index contributed by atoms with van der Waals surface area (Å²) >= 11 is 0. The van der Waals surface area contributed by atoms with Crippen molar-refractivity contribution < 1.29 is 39.6 Å². The van der Waals surface area contributed by atoms with Gasteiger partial charge < -0.3 is 51.7 Å². The van der Waals surface area contributed by atoms with Crippen LogP contribution in [0.25, 0.3) is 89.7 Å². The molecule has 20 heteroatoms. The first-order valence-electron chi connectivity index (χ1n) is 24.6. The van der Waals surface area contributed by atoms with E-state index >= 15 is 0 Å². The molecule has 5 heterocycles. The topological polar surface area (TPSA) is 306 Å². The molecule has 80 heavy (non-hydrogen) atoms. The first-order chi connectivity index (χ1) is 38.8. The van der Waals surface area contributed by atoms with Gasteiger partial charge in [0, 0.05) is 89.3 Å². The molecule has 2 aliphatic rings. The number of hydrogen-bond acceptors (Lipinski definition) is 14. The molecule has 0 saturated carbocycles. The van der Waals surface area contributed by atoms with Crippen molar-refractivity contribution in [2.24, 2.45) is 0 Å². The van der Waals surface area contributed by atoms with Crippen LogP contribution in [0.5, 0.6) is 0 Å². The Morgan fingerprint density at radius 2 is 0.525 bits per heavy atom. The number of aromatic carboxylic acids is 4. The van der Waals surface area contributed by atoms with Crippen LogP contribution in [-0.4, -0.2) is 84.2 Å². The first-order valence-corrected chi connectivity index (χ1v) is 24.6. The van der Waals surface area contributed by atoms with Crippen LogP contribution in [-0.2, 0) is 0 Å². The number of rotatable bonds is 12. The van der Waals surface area contributed by atoms with Gasteiger partial charge in [-0.25, -0.2) is 49.1 Å². The Balaban J connectivity index is 1.03. The zero-order chi connectivity index (χ0) is 54.8. The normalized spacial score (nSPS) is 11.4. The smallest absolute Gasteiger partial charge is 0.335 e. The lowest BCUT2D eigenvalue weighted by atomic mass is 10.1. The molecule has 0 unspecified atom stereocenters. The van der Waals surface area contributed by atoms with Crippen molar-refractivity contribution in [3.8, 4) is 45.6 Å². The van der Waals surface area contributed by atoms with Gasteiger partial charge in [0.2, 0.25) is 0 Å². The van der Waals surface area contributed by atoms with Crippen molar-refractivity contribution in [1.82, 2.24) is 39.9 Å². The fourth-order valence-corrected chi connectivity index (χ4v) is 9.56. The Kier molecular flexibility index (Phi) is 11.4. The quantitative estimate of drug-likeness (QED) is 0.0544. The summed E-state index contributed by atoms with van der Waals surface area (Å²) in [5.74, 6) is -2.87. The summed E-state index contributed by atoms with van der Waals surface area (Å²) in [6.07, 6.45) is 0. The molecule has 8 aromatic carbocycles. The molecular weight excluding hydrogens is 1020 g/mol. The number of nitrogens with one attached hydrogen (secondary N) is 6. The fourth-order valence-electron chi connectivity index (χ4n) is 9.56. The Labute approximate surface area is 450 Å². The van der Waals surface area contributed by atoms with E-state index in [9.17, 15) is 39.6 Å². The van der Waals surface area contributed by atoms with E-state index in [0.717, 1.165) is 0 Å². The number of hydrogen-bond donors (Lipinski definition) is 10. The lowest BCUT2D eigenvalue weighted by Gasteiger charge is -2.09. The highest BCUT2D eigenvalue weighted by molar-refractivity contribution is 6.08. The molecule has 8 bridgehead atoms. The van der Waals surface area contributed by atoms with E-state index in [1.165, 1.54) is 48.5 Å². The standard InChI is InChI=1S/C60H38N12O8/c73-57(74)29-1-9-33(10-2-29)61-37-17-21-41-45(25-37)53-65-49(41)70-54-47-27-39(63-35-13-5-31(6-14-35)59(77)78)19-23-43(47)51(67-54)72-56-48-28-40(64-36-15-7-32(8-16-36)60(79)80)20-24-44(48)52(68-56)71-55-46-26-38(18-22-42(46)50(66-55)69-53)62-34-11-3-30(4-12-34)58(75)76/h1-28,61-64H,(H,73,74)(H,75,76)(H,77,78)(H,79,80)(H2,65,66,67,68,69,70,71,72). The van der Waals surface area contributed by atoms with Crippen LogP contribution in [0.1, 0.15) is 41.4 Å². The molecule has 10 N–H and O–H groups in total. The number of benzene rings is 8.